The number of nitrogens with zero attached hydrogens (tertiary/aromatic N) is 2. The predicted molar refractivity (Wildman–Crippen MR) is 165 cm³/mol. The van der Waals surface area contributed by atoms with Crippen molar-refractivity contribution in [3.63, 3.8) is 0 Å². The number of carbonyl (C=O) groups is 1. The number of likely N-dealkylation sites (tertiary alicyclic amines) is 1. The highest BCUT2D eigenvalue weighted by molar-refractivity contribution is 7.21. The lowest BCUT2D eigenvalue weighted by Gasteiger charge is -2.32. The first-order chi connectivity index (χ1) is 19.5. The molecule has 1 saturated heterocycles. The average Bonchev–Trinajstić information content (AvgIpc) is 3.34. The van der Waals surface area contributed by atoms with Crippen LogP contribution in [0.3, 0.4) is 0 Å². The summed E-state index contributed by atoms with van der Waals surface area (Å²) in [6.07, 6.45) is 3.06. The molecule has 1 fully saturated rings. The van der Waals surface area contributed by atoms with Crippen LogP contribution in [-0.2, 0) is 6.42 Å². The minimum absolute atomic E-state index is 0.0134. The van der Waals surface area contributed by atoms with Gasteiger partial charge in [0.05, 0.1) is 18.5 Å². The standard InChI is InChI=1S/C34H33N3O2S/c1-22-8-10-25(11-9-22)28-21-29(26-12-14-27(39-2)15-13-26)36-33-30(28)31(35)32(40-33)34(38)37-18-16-24(17-19-37)20-23-6-4-3-5-7-23/h3-15,21,24H,16-20,35H2,1-2H3. The molecule has 5 aromatic rings. The monoisotopic (exact) mass is 547 g/mol. The van der Waals surface area contributed by atoms with Crippen molar-refractivity contribution < 1.29 is 9.53 Å². The van der Waals surface area contributed by atoms with Gasteiger partial charge in [-0.1, -0.05) is 60.2 Å². The van der Waals surface area contributed by atoms with Crippen LogP contribution in [0.25, 0.3) is 32.6 Å². The van der Waals surface area contributed by atoms with Gasteiger partial charge in [-0.2, -0.15) is 0 Å². The van der Waals surface area contributed by atoms with Gasteiger partial charge in [0.15, 0.2) is 0 Å². The highest BCUT2D eigenvalue weighted by Crippen LogP contribution is 2.42. The van der Waals surface area contributed by atoms with Crippen LogP contribution < -0.4 is 10.5 Å². The van der Waals surface area contributed by atoms with Crippen LogP contribution in [0, 0.1) is 12.8 Å². The molecule has 0 spiro atoms. The van der Waals surface area contributed by atoms with Gasteiger partial charge in [-0.3, -0.25) is 4.79 Å². The fourth-order valence-corrected chi connectivity index (χ4v) is 6.67. The highest BCUT2D eigenvalue weighted by atomic mass is 32.1. The third-order valence-corrected chi connectivity index (χ3v) is 9.00. The summed E-state index contributed by atoms with van der Waals surface area (Å²) in [6, 6.07) is 29.0. The Morgan fingerprint density at radius 3 is 2.33 bits per heavy atom. The second-order valence-corrected chi connectivity index (χ2v) is 11.6. The molecule has 0 atom stereocenters. The second kappa shape index (κ2) is 11.1. The summed E-state index contributed by atoms with van der Waals surface area (Å²) in [5.74, 6) is 1.40. The van der Waals surface area contributed by atoms with Gasteiger partial charge in [0, 0.05) is 24.0 Å². The number of nitrogen functional groups attached to an aromatic ring is 1. The lowest BCUT2D eigenvalue weighted by atomic mass is 9.90. The number of amides is 1. The summed E-state index contributed by atoms with van der Waals surface area (Å²) in [4.78, 5) is 22.1. The first kappa shape index (κ1) is 26.1. The van der Waals surface area contributed by atoms with E-state index in [0.29, 0.717) is 16.5 Å². The number of aromatic nitrogens is 1. The fraction of sp³-hybridized carbons (Fsp3) is 0.235. The van der Waals surface area contributed by atoms with Crippen molar-refractivity contribution in [3.8, 4) is 28.1 Å². The Labute approximate surface area is 239 Å². The number of hydrogen-bond acceptors (Lipinski definition) is 5. The van der Waals surface area contributed by atoms with E-state index < -0.39 is 0 Å². The summed E-state index contributed by atoms with van der Waals surface area (Å²) in [5.41, 5.74) is 13.7. The smallest absolute Gasteiger partial charge is 0.266 e. The first-order valence-electron chi connectivity index (χ1n) is 13.8. The minimum atomic E-state index is 0.0134. The predicted octanol–water partition coefficient (Wildman–Crippen LogP) is 7.62. The summed E-state index contributed by atoms with van der Waals surface area (Å²) < 4.78 is 5.34. The largest absolute Gasteiger partial charge is 0.497 e. The lowest BCUT2D eigenvalue weighted by Crippen LogP contribution is -2.38. The SMILES string of the molecule is COc1ccc(-c2cc(-c3ccc(C)cc3)c3c(N)c(C(=O)N4CCC(Cc5ccccc5)CC4)sc3n2)cc1. The molecule has 1 aliphatic heterocycles. The summed E-state index contributed by atoms with van der Waals surface area (Å²) >= 11 is 1.41. The molecule has 3 heterocycles. The number of rotatable bonds is 6. The quantitative estimate of drug-likeness (QED) is 0.237. The fourth-order valence-electron chi connectivity index (χ4n) is 5.58. The third-order valence-electron chi connectivity index (χ3n) is 7.91. The molecule has 0 unspecified atom stereocenters. The molecule has 1 aliphatic rings. The number of nitrogens with two attached hydrogens (primary N) is 1. The van der Waals surface area contributed by atoms with E-state index in [9.17, 15) is 4.79 Å². The number of anilines is 1. The summed E-state index contributed by atoms with van der Waals surface area (Å²) in [6.45, 7) is 3.58. The molecule has 2 N–H and O–H groups in total. The Morgan fingerprint density at radius 2 is 1.65 bits per heavy atom. The van der Waals surface area contributed by atoms with Crippen molar-refractivity contribution >= 4 is 33.1 Å². The molecule has 1 amide bonds. The zero-order valence-corrected chi connectivity index (χ0v) is 23.7. The maximum Gasteiger partial charge on any atom is 0.266 e. The zero-order valence-electron chi connectivity index (χ0n) is 22.9. The van der Waals surface area contributed by atoms with Crippen LogP contribution in [0.5, 0.6) is 5.75 Å². The van der Waals surface area contributed by atoms with E-state index in [1.54, 1.807) is 7.11 Å². The first-order valence-corrected chi connectivity index (χ1v) is 14.6. The number of hydrogen-bond donors (Lipinski definition) is 1. The van der Waals surface area contributed by atoms with Crippen molar-refractivity contribution in [2.24, 2.45) is 5.92 Å². The Kier molecular flexibility index (Phi) is 7.27. The highest BCUT2D eigenvalue weighted by Gasteiger charge is 2.28. The zero-order chi connectivity index (χ0) is 27.6. The molecule has 5 nitrogen and oxygen atoms in total. The summed E-state index contributed by atoms with van der Waals surface area (Å²) in [7, 11) is 1.66. The molecule has 0 bridgehead atoms. The van der Waals surface area contributed by atoms with Crippen LogP contribution in [0.15, 0.2) is 84.9 Å². The van der Waals surface area contributed by atoms with Gasteiger partial charge in [0.25, 0.3) is 5.91 Å². The molecule has 40 heavy (non-hydrogen) atoms. The number of fused-ring (bicyclic) bond motifs is 1. The Bertz CT molecular complexity index is 1640. The van der Waals surface area contributed by atoms with Gasteiger partial charge in [0.1, 0.15) is 15.5 Å². The molecule has 0 radical (unpaired) electrons. The number of carbonyl (C=O) groups excluding carboxylic acids is 1. The van der Waals surface area contributed by atoms with Gasteiger partial charge in [-0.05, 0) is 79.1 Å². The van der Waals surface area contributed by atoms with Gasteiger partial charge < -0.3 is 15.4 Å². The number of methoxy groups -OCH3 is 1. The van der Waals surface area contributed by atoms with E-state index in [4.69, 9.17) is 15.5 Å². The third kappa shape index (κ3) is 5.19. The van der Waals surface area contributed by atoms with E-state index in [1.807, 2.05) is 29.2 Å². The van der Waals surface area contributed by atoms with E-state index in [2.05, 4.69) is 67.6 Å². The maximum absolute atomic E-state index is 13.8. The van der Waals surface area contributed by atoms with E-state index in [1.165, 1.54) is 22.5 Å². The van der Waals surface area contributed by atoms with Crippen molar-refractivity contribution in [3.05, 3.63) is 101 Å². The normalized spacial score (nSPS) is 14.0. The van der Waals surface area contributed by atoms with Crippen LogP contribution in [0.2, 0.25) is 0 Å². The van der Waals surface area contributed by atoms with Gasteiger partial charge in [-0.25, -0.2) is 4.98 Å². The molecule has 2 aromatic heterocycles. The molecule has 202 valence electrons. The van der Waals surface area contributed by atoms with E-state index >= 15 is 0 Å². The second-order valence-electron chi connectivity index (χ2n) is 10.6. The Hall–Kier alpha value is -4.16. The van der Waals surface area contributed by atoms with Crippen molar-refractivity contribution in [1.29, 1.82) is 0 Å². The van der Waals surface area contributed by atoms with Crippen LogP contribution in [0.4, 0.5) is 5.69 Å². The molecular formula is C34H33N3O2S. The van der Waals surface area contributed by atoms with Gasteiger partial charge in [0.2, 0.25) is 0 Å². The van der Waals surface area contributed by atoms with Crippen molar-refractivity contribution in [1.82, 2.24) is 9.88 Å². The molecule has 0 aliphatic carbocycles. The topological polar surface area (TPSA) is 68.5 Å². The lowest BCUT2D eigenvalue weighted by molar-refractivity contribution is 0.0696. The number of benzene rings is 3. The number of ether oxygens (including phenoxy) is 1. The van der Waals surface area contributed by atoms with Crippen LogP contribution in [0.1, 0.15) is 33.6 Å². The average molecular weight is 548 g/mol. The van der Waals surface area contributed by atoms with Crippen molar-refractivity contribution in [2.45, 2.75) is 26.2 Å². The molecule has 0 saturated carbocycles. The van der Waals surface area contributed by atoms with Gasteiger partial charge >= 0.3 is 0 Å². The minimum Gasteiger partial charge on any atom is -0.497 e. The number of thiophene rings is 1. The summed E-state index contributed by atoms with van der Waals surface area (Å²) in [5, 5.41) is 0.855. The van der Waals surface area contributed by atoms with Gasteiger partial charge in [-0.15, -0.1) is 11.3 Å². The number of pyridine rings is 1. The van der Waals surface area contributed by atoms with E-state index in [0.717, 1.165) is 70.7 Å². The Balaban J connectivity index is 1.33. The molecule has 6 rings (SSSR count). The Morgan fingerprint density at radius 1 is 0.975 bits per heavy atom. The maximum atomic E-state index is 13.8. The van der Waals surface area contributed by atoms with Crippen LogP contribution in [-0.4, -0.2) is 36.0 Å². The molecular weight excluding hydrogens is 514 g/mol. The molecule has 3 aromatic carbocycles. The number of piperidine rings is 1. The number of aryl methyl sites for hydroxylation is 1. The van der Waals surface area contributed by atoms with Crippen LogP contribution >= 0.6 is 11.3 Å². The molecule has 6 heteroatoms. The van der Waals surface area contributed by atoms with Crippen molar-refractivity contribution in [2.75, 3.05) is 25.9 Å². The van der Waals surface area contributed by atoms with E-state index in [-0.39, 0.29) is 5.91 Å².